The number of thioether (sulfide) groups is 1. The third kappa shape index (κ3) is 3.46. The van der Waals surface area contributed by atoms with Crippen LogP contribution in [-0.2, 0) is 0 Å². The van der Waals surface area contributed by atoms with E-state index >= 15 is 0 Å². The van der Waals surface area contributed by atoms with Crippen LogP contribution in [0.3, 0.4) is 0 Å². The Balaban J connectivity index is 1.54. The molecular formula is C14H23N3OS2. The number of unbranched alkanes of at least 4 members (excludes halogenated alkanes) is 2. The predicted molar refractivity (Wildman–Crippen MR) is 83.7 cm³/mol. The fourth-order valence-corrected chi connectivity index (χ4v) is 4.57. The minimum atomic E-state index is 0.330. The predicted octanol–water partition coefficient (Wildman–Crippen LogP) is 3.29. The van der Waals surface area contributed by atoms with Crippen LogP contribution in [0.2, 0.25) is 0 Å². The van der Waals surface area contributed by atoms with Gasteiger partial charge in [-0.3, -0.25) is 4.90 Å². The van der Waals surface area contributed by atoms with Crippen molar-refractivity contribution in [3.63, 3.8) is 0 Å². The molecule has 1 aromatic rings. The Labute approximate surface area is 129 Å². The summed E-state index contributed by atoms with van der Waals surface area (Å²) in [5.41, 5.74) is 0. The van der Waals surface area contributed by atoms with Crippen LogP contribution in [0.15, 0.2) is 5.03 Å². The number of piperidine rings is 3. The average Bonchev–Trinajstić information content (AvgIpc) is 2.92. The highest BCUT2D eigenvalue weighted by atomic mass is 32.2. The molecule has 1 unspecified atom stereocenters. The van der Waals surface area contributed by atoms with Gasteiger partial charge in [-0.2, -0.15) is 4.37 Å². The summed E-state index contributed by atoms with van der Waals surface area (Å²) >= 11 is 3.08. The van der Waals surface area contributed by atoms with E-state index < -0.39 is 0 Å². The SMILES string of the molecule is CCCCCSc1nsnc1OC1CN2CCC1CC2. The van der Waals surface area contributed by atoms with E-state index in [9.17, 15) is 0 Å². The molecule has 0 radical (unpaired) electrons. The third-order valence-electron chi connectivity index (χ3n) is 4.28. The Hall–Kier alpha value is -0.330. The summed E-state index contributed by atoms with van der Waals surface area (Å²) in [6.07, 6.45) is 6.69. The van der Waals surface area contributed by atoms with Gasteiger partial charge in [0, 0.05) is 6.54 Å². The van der Waals surface area contributed by atoms with Gasteiger partial charge in [0.15, 0.2) is 5.03 Å². The lowest BCUT2D eigenvalue weighted by molar-refractivity contribution is -0.0110. The molecule has 4 rings (SSSR count). The summed E-state index contributed by atoms with van der Waals surface area (Å²) in [5.74, 6) is 2.63. The van der Waals surface area contributed by atoms with E-state index in [2.05, 4.69) is 20.6 Å². The number of aromatic nitrogens is 2. The van der Waals surface area contributed by atoms with Gasteiger partial charge in [0.1, 0.15) is 6.10 Å². The van der Waals surface area contributed by atoms with Crippen molar-refractivity contribution in [1.82, 2.24) is 13.6 Å². The molecule has 1 atom stereocenters. The maximum Gasteiger partial charge on any atom is 0.260 e. The molecule has 20 heavy (non-hydrogen) atoms. The van der Waals surface area contributed by atoms with Crippen molar-refractivity contribution in [2.75, 3.05) is 25.4 Å². The van der Waals surface area contributed by atoms with Gasteiger partial charge in [0.2, 0.25) is 0 Å². The van der Waals surface area contributed by atoms with Crippen molar-refractivity contribution in [2.45, 2.75) is 50.2 Å². The van der Waals surface area contributed by atoms with Crippen LogP contribution in [-0.4, -0.2) is 45.1 Å². The van der Waals surface area contributed by atoms with E-state index in [-0.39, 0.29) is 0 Å². The molecule has 2 bridgehead atoms. The van der Waals surface area contributed by atoms with E-state index in [1.807, 2.05) is 0 Å². The molecule has 3 aliphatic rings. The van der Waals surface area contributed by atoms with Crippen molar-refractivity contribution in [3.05, 3.63) is 0 Å². The van der Waals surface area contributed by atoms with E-state index in [1.54, 1.807) is 11.8 Å². The maximum absolute atomic E-state index is 6.19. The van der Waals surface area contributed by atoms with Gasteiger partial charge < -0.3 is 4.74 Å². The second-order valence-corrected chi connectivity index (χ2v) is 7.34. The highest BCUT2D eigenvalue weighted by Gasteiger charge is 2.36. The minimum Gasteiger partial charge on any atom is -0.470 e. The Morgan fingerprint density at radius 2 is 2.15 bits per heavy atom. The Kier molecular flexibility index (Phi) is 5.18. The van der Waals surface area contributed by atoms with E-state index in [0.29, 0.717) is 6.10 Å². The largest absolute Gasteiger partial charge is 0.470 e. The van der Waals surface area contributed by atoms with Crippen molar-refractivity contribution < 1.29 is 4.74 Å². The molecule has 4 heterocycles. The number of rotatable bonds is 7. The Bertz CT molecular complexity index is 418. The standard InChI is InChI=1S/C14H23N3OS2/c1-2-3-4-9-19-14-13(15-20-16-14)18-12-10-17-7-5-11(12)6-8-17/h11-12H,2-10H2,1H3. The average molecular weight is 313 g/mol. The van der Waals surface area contributed by atoms with Crippen LogP contribution in [0, 0.1) is 5.92 Å². The first-order valence-electron chi connectivity index (χ1n) is 7.71. The molecular weight excluding hydrogens is 290 g/mol. The van der Waals surface area contributed by atoms with Crippen LogP contribution in [0.4, 0.5) is 0 Å². The lowest BCUT2D eigenvalue weighted by Crippen LogP contribution is -2.52. The zero-order chi connectivity index (χ0) is 13.8. The molecule has 4 nitrogen and oxygen atoms in total. The van der Waals surface area contributed by atoms with E-state index in [0.717, 1.165) is 29.1 Å². The number of fused-ring (bicyclic) bond motifs is 3. The quantitative estimate of drug-likeness (QED) is 0.570. The highest BCUT2D eigenvalue weighted by Crippen LogP contribution is 2.34. The molecule has 0 amide bonds. The Morgan fingerprint density at radius 3 is 2.85 bits per heavy atom. The first kappa shape index (κ1) is 14.6. The van der Waals surface area contributed by atoms with Crippen LogP contribution in [0.1, 0.15) is 39.0 Å². The van der Waals surface area contributed by atoms with Gasteiger partial charge in [-0.1, -0.05) is 31.5 Å². The fourth-order valence-electron chi connectivity index (χ4n) is 3.04. The van der Waals surface area contributed by atoms with Gasteiger partial charge in [0.25, 0.3) is 5.88 Å². The second-order valence-electron chi connectivity index (χ2n) is 5.72. The van der Waals surface area contributed by atoms with Crippen LogP contribution in [0.5, 0.6) is 5.88 Å². The molecule has 3 saturated heterocycles. The number of hydrogen-bond acceptors (Lipinski definition) is 6. The fraction of sp³-hybridized carbons (Fsp3) is 0.857. The van der Waals surface area contributed by atoms with Gasteiger partial charge in [-0.05, 0) is 44.0 Å². The van der Waals surface area contributed by atoms with Crippen LogP contribution in [0.25, 0.3) is 0 Å². The first-order valence-corrected chi connectivity index (χ1v) is 9.42. The topological polar surface area (TPSA) is 38.3 Å². The smallest absolute Gasteiger partial charge is 0.260 e. The zero-order valence-electron chi connectivity index (χ0n) is 12.1. The summed E-state index contributed by atoms with van der Waals surface area (Å²) in [5, 5.41) is 1.00. The normalized spacial score (nSPS) is 28.8. The molecule has 112 valence electrons. The second kappa shape index (κ2) is 7.09. The third-order valence-corrected chi connectivity index (χ3v) is 5.94. The lowest BCUT2D eigenvalue weighted by atomic mass is 9.86. The van der Waals surface area contributed by atoms with Crippen molar-refractivity contribution in [3.8, 4) is 5.88 Å². The highest BCUT2D eigenvalue weighted by molar-refractivity contribution is 7.99. The molecule has 3 fully saturated rings. The van der Waals surface area contributed by atoms with Gasteiger partial charge >= 0.3 is 0 Å². The maximum atomic E-state index is 6.19. The monoisotopic (exact) mass is 313 g/mol. The summed E-state index contributed by atoms with van der Waals surface area (Å²) in [6.45, 7) is 5.80. The van der Waals surface area contributed by atoms with Crippen molar-refractivity contribution >= 4 is 23.5 Å². The van der Waals surface area contributed by atoms with Gasteiger partial charge in [0.05, 0.1) is 11.7 Å². The van der Waals surface area contributed by atoms with Crippen molar-refractivity contribution in [1.29, 1.82) is 0 Å². The number of ether oxygens (including phenoxy) is 1. The van der Waals surface area contributed by atoms with Gasteiger partial charge in [-0.15, -0.1) is 4.37 Å². The molecule has 0 aliphatic carbocycles. The summed E-state index contributed by atoms with van der Waals surface area (Å²) < 4.78 is 14.9. The molecule has 0 saturated carbocycles. The molecule has 3 aliphatic heterocycles. The zero-order valence-corrected chi connectivity index (χ0v) is 13.7. The molecule has 0 N–H and O–H groups in total. The van der Waals surface area contributed by atoms with E-state index in [4.69, 9.17) is 4.74 Å². The summed E-state index contributed by atoms with van der Waals surface area (Å²) in [6, 6.07) is 0. The minimum absolute atomic E-state index is 0.330. The van der Waals surface area contributed by atoms with Gasteiger partial charge in [-0.25, -0.2) is 0 Å². The van der Waals surface area contributed by atoms with Crippen LogP contribution >= 0.6 is 23.5 Å². The van der Waals surface area contributed by atoms with E-state index in [1.165, 1.54) is 56.9 Å². The summed E-state index contributed by atoms with van der Waals surface area (Å²) in [7, 11) is 0. The summed E-state index contributed by atoms with van der Waals surface area (Å²) in [4.78, 5) is 2.51. The number of hydrogen-bond donors (Lipinski definition) is 0. The molecule has 0 aromatic carbocycles. The Morgan fingerprint density at radius 1 is 1.30 bits per heavy atom. The number of nitrogens with zero attached hydrogens (tertiary/aromatic N) is 3. The van der Waals surface area contributed by atoms with Crippen LogP contribution < -0.4 is 4.74 Å². The molecule has 1 aromatic heterocycles. The van der Waals surface area contributed by atoms with Crippen molar-refractivity contribution in [2.24, 2.45) is 5.92 Å². The molecule has 0 spiro atoms. The first-order chi connectivity index (χ1) is 9.86. The lowest BCUT2D eigenvalue weighted by Gasteiger charge is -2.44. The molecule has 6 heteroatoms.